The van der Waals surface area contributed by atoms with Gasteiger partial charge in [-0.25, -0.2) is 19.7 Å². The minimum Gasteiger partial charge on any atom is -0.467 e. The van der Waals surface area contributed by atoms with Crippen molar-refractivity contribution < 1.29 is 14.3 Å². The van der Waals surface area contributed by atoms with Crippen molar-refractivity contribution in [2.24, 2.45) is 0 Å². The Morgan fingerprint density at radius 3 is 2.53 bits per heavy atom. The van der Waals surface area contributed by atoms with E-state index >= 15 is 0 Å². The molecule has 3 heterocycles. The molecule has 1 atom stereocenters. The number of aryl methyl sites for hydroxylation is 3. The molecule has 3 aromatic rings. The number of rotatable bonds is 4. The number of esters is 1. The molecule has 1 aliphatic carbocycles. The highest BCUT2D eigenvalue weighted by Crippen LogP contribution is 2.45. The van der Waals surface area contributed by atoms with Crippen LogP contribution in [0.1, 0.15) is 61.4 Å². The van der Waals surface area contributed by atoms with Gasteiger partial charge in [-0.2, -0.15) is 0 Å². The topological polar surface area (TPSA) is 74.2 Å². The van der Waals surface area contributed by atoms with Gasteiger partial charge in [-0.05, 0) is 58.9 Å². The Morgan fingerprint density at radius 1 is 1.17 bits per heavy atom. The van der Waals surface area contributed by atoms with Gasteiger partial charge in [-0.3, -0.25) is 0 Å². The second-order valence-electron chi connectivity index (χ2n) is 8.64. The maximum absolute atomic E-state index is 12.9. The highest BCUT2D eigenvalue weighted by Gasteiger charge is 2.34. The lowest BCUT2D eigenvalue weighted by Gasteiger charge is -2.28. The molecule has 0 amide bonds. The number of thiophene rings is 1. The van der Waals surface area contributed by atoms with Crippen LogP contribution in [0.15, 0.2) is 18.7 Å². The Morgan fingerprint density at radius 2 is 1.87 bits per heavy atom. The first-order valence-corrected chi connectivity index (χ1v) is 11.1. The summed E-state index contributed by atoms with van der Waals surface area (Å²) in [6.07, 6.45) is 8.67. The van der Waals surface area contributed by atoms with E-state index in [-0.39, 0.29) is 0 Å². The molecule has 4 rings (SSSR count). The molecular weight excluding hydrogens is 398 g/mol. The first-order chi connectivity index (χ1) is 14.3. The van der Waals surface area contributed by atoms with Gasteiger partial charge in [0.1, 0.15) is 11.2 Å². The molecule has 0 aromatic carbocycles. The summed E-state index contributed by atoms with van der Waals surface area (Å²) in [5.41, 5.74) is 4.11. The number of ether oxygens (including phenoxy) is 2. The number of carbonyl (C=O) groups excluding carboxylic acids is 1. The Hall–Kier alpha value is -2.38. The Balaban J connectivity index is 2.08. The van der Waals surface area contributed by atoms with E-state index < -0.39 is 17.7 Å². The fraction of sp³-hybridized carbons (Fsp3) is 0.478. The molecule has 0 radical (unpaired) electrons. The van der Waals surface area contributed by atoms with Gasteiger partial charge in [0.15, 0.2) is 6.10 Å². The average molecular weight is 426 g/mol. The highest BCUT2D eigenvalue weighted by molar-refractivity contribution is 7.19. The number of carbonyl (C=O) groups is 1. The largest absolute Gasteiger partial charge is 0.467 e. The molecule has 0 spiro atoms. The minimum atomic E-state index is -0.888. The maximum Gasteiger partial charge on any atom is 0.339 e. The molecule has 1 unspecified atom stereocenters. The summed E-state index contributed by atoms with van der Waals surface area (Å²) in [6, 6.07) is 0. The summed E-state index contributed by atoms with van der Waals surface area (Å²) in [5, 5.41) is 1.11. The predicted octanol–water partition coefficient (Wildman–Crippen LogP) is 4.97. The van der Waals surface area contributed by atoms with Crippen molar-refractivity contribution in [2.45, 2.75) is 65.1 Å². The van der Waals surface area contributed by atoms with Gasteiger partial charge in [0, 0.05) is 45.0 Å². The standard InChI is InChI=1S/C23H27N3O3S/c1-13-17(20(22(27)28-5)29-23(2,3)4)18(14-10-24-12-25-11-14)19-15-8-6-7-9-16(15)30-21(19)26-13/h10-12,20H,6-9H2,1-5H3. The summed E-state index contributed by atoms with van der Waals surface area (Å²) in [7, 11) is 1.39. The lowest BCUT2D eigenvalue weighted by Crippen LogP contribution is -2.29. The lowest BCUT2D eigenvalue weighted by molar-refractivity contribution is -0.164. The smallest absolute Gasteiger partial charge is 0.339 e. The molecule has 0 aliphatic heterocycles. The first kappa shape index (κ1) is 20.9. The zero-order chi connectivity index (χ0) is 21.5. The van der Waals surface area contributed by atoms with Crippen LogP contribution in [0.2, 0.25) is 0 Å². The number of fused-ring (bicyclic) bond motifs is 3. The van der Waals surface area contributed by atoms with Gasteiger partial charge in [0.05, 0.1) is 12.7 Å². The second kappa shape index (κ2) is 8.04. The van der Waals surface area contributed by atoms with Crippen molar-refractivity contribution in [3.8, 4) is 11.1 Å². The van der Waals surface area contributed by atoms with Crippen molar-refractivity contribution in [1.29, 1.82) is 0 Å². The van der Waals surface area contributed by atoms with E-state index in [4.69, 9.17) is 14.5 Å². The summed E-state index contributed by atoms with van der Waals surface area (Å²) in [4.78, 5) is 28.7. The van der Waals surface area contributed by atoms with Crippen molar-refractivity contribution in [3.63, 3.8) is 0 Å². The number of aromatic nitrogens is 3. The van der Waals surface area contributed by atoms with Crippen LogP contribution in [-0.4, -0.2) is 33.6 Å². The molecule has 7 heteroatoms. The van der Waals surface area contributed by atoms with E-state index in [0.29, 0.717) is 0 Å². The molecule has 30 heavy (non-hydrogen) atoms. The molecule has 3 aromatic heterocycles. The van der Waals surface area contributed by atoms with Crippen LogP contribution in [-0.2, 0) is 27.1 Å². The van der Waals surface area contributed by atoms with E-state index in [1.807, 2.05) is 27.7 Å². The zero-order valence-corrected chi connectivity index (χ0v) is 18.9. The third-order valence-electron chi connectivity index (χ3n) is 5.33. The Labute approximate surface area is 180 Å². The minimum absolute atomic E-state index is 0.434. The van der Waals surface area contributed by atoms with Crippen LogP contribution < -0.4 is 0 Å². The third kappa shape index (κ3) is 3.84. The van der Waals surface area contributed by atoms with E-state index in [2.05, 4.69) is 9.97 Å². The Kier molecular flexibility index (Phi) is 5.59. The Bertz CT molecular complexity index is 1090. The molecule has 0 saturated carbocycles. The first-order valence-electron chi connectivity index (χ1n) is 10.3. The van der Waals surface area contributed by atoms with E-state index in [1.54, 1.807) is 23.7 Å². The molecule has 0 bridgehead atoms. The van der Waals surface area contributed by atoms with Crippen molar-refractivity contribution >= 4 is 27.5 Å². The van der Waals surface area contributed by atoms with Crippen molar-refractivity contribution in [2.75, 3.05) is 7.11 Å². The number of hydrogen-bond acceptors (Lipinski definition) is 7. The van der Waals surface area contributed by atoms with Gasteiger partial charge < -0.3 is 9.47 Å². The summed E-state index contributed by atoms with van der Waals surface area (Å²) >= 11 is 1.76. The summed E-state index contributed by atoms with van der Waals surface area (Å²) in [5.74, 6) is -0.434. The van der Waals surface area contributed by atoms with Gasteiger partial charge in [0.25, 0.3) is 0 Å². The van der Waals surface area contributed by atoms with Crippen LogP contribution in [0.4, 0.5) is 0 Å². The van der Waals surface area contributed by atoms with Crippen LogP contribution >= 0.6 is 11.3 Å². The molecule has 1 aliphatic rings. The fourth-order valence-electron chi connectivity index (χ4n) is 4.15. The molecule has 158 valence electrons. The number of hydrogen-bond donors (Lipinski definition) is 0. The second-order valence-corrected chi connectivity index (χ2v) is 9.72. The van der Waals surface area contributed by atoms with Crippen molar-refractivity contribution in [3.05, 3.63) is 40.4 Å². The summed E-state index contributed by atoms with van der Waals surface area (Å²) in [6.45, 7) is 7.73. The number of methoxy groups -OCH3 is 1. The van der Waals surface area contributed by atoms with Crippen molar-refractivity contribution in [1.82, 2.24) is 15.0 Å². The van der Waals surface area contributed by atoms with E-state index in [1.165, 1.54) is 30.3 Å². The van der Waals surface area contributed by atoms with E-state index in [0.717, 1.165) is 51.9 Å². The zero-order valence-electron chi connectivity index (χ0n) is 18.1. The predicted molar refractivity (Wildman–Crippen MR) is 118 cm³/mol. The molecule has 0 saturated heterocycles. The van der Waals surface area contributed by atoms with Crippen LogP contribution in [0.3, 0.4) is 0 Å². The van der Waals surface area contributed by atoms with Gasteiger partial charge in [0.2, 0.25) is 0 Å². The summed E-state index contributed by atoms with van der Waals surface area (Å²) < 4.78 is 11.4. The van der Waals surface area contributed by atoms with E-state index in [9.17, 15) is 4.79 Å². The average Bonchev–Trinajstić information content (AvgIpc) is 3.08. The number of pyridine rings is 1. The highest BCUT2D eigenvalue weighted by atomic mass is 32.1. The number of nitrogens with zero attached hydrogens (tertiary/aromatic N) is 3. The van der Waals surface area contributed by atoms with Crippen LogP contribution in [0.5, 0.6) is 0 Å². The monoisotopic (exact) mass is 425 g/mol. The SMILES string of the molecule is COC(=O)C(OC(C)(C)C)c1c(C)nc2sc3c(c2c1-c1cncnc1)CCCC3. The third-order valence-corrected chi connectivity index (χ3v) is 6.51. The van der Waals surface area contributed by atoms with Gasteiger partial charge >= 0.3 is 5.97 Å². The maximum atomic E-state index is 12.9. The lowest BCUT2D eigenvalue weighted by atomic mass is 9.89. The van der Waals surface area contributed by atoms with Gasteiger partial charge in [-0.1, -0.05) is 0 Å². The quantitative estimate of drug-likeness (QED) is 0.550. The normalized spacial score (nSPS) is 15.1. The van der Waals surface area contributed by atoms with Gasteiger partial charge in [-0.15, -0.1) is 11.3 Å². The molecule has 0 fully saturated rings. The fourth-order valence-corrected chi connectivity index (χ4v) is 5.47. The van der Waals surface area contributed by atoms with Crippen LogP contribution in [0, 0.1) is 6.92 Å². The molecule has 0 N–H and O–H groups in total. The molecule has 6 nitrogen and oxygen atoms in total. The van der Waals surface area contributed by atoms with Crippen LogP contribution in [0.25, 0.3) is 21.3 Å². The molecular formula is C23H27N3O3S.